The van der Waals surface area contributed by atoms with E-state index >= 15 is 0 Å². The molecule has 0 aliphatic carbocycles. The molecule has 6 nitrogen and oxygen atoms in total. The van der Waals surface area contributed by atoms with Crippen LogP contribution in [0.15, 0.2) is 71.7 Å². The van der Waals surface area contributed by atoms with Gasteiger partial charge in [-0.25, -0.2) is 4.79 Å². The van der Waals surface area contributed by atoms with Crippen LogP contribution in [0.3, 0.4) is 0 Å². The lowest BCUT2D eigenvalue weighted by Gasteiger charge is -2.16. The quantitative estimate of drug-likeness (QED) is 0.343. The van der Waals surface area contributed by atoms with Gasteiger partial charge in [0.05, 0.1) is 5.56 Å². The van der Waals surface area contributed by atoms with E-state index in [4.69, 9.17) is 9.47 Å². The van der Waals surface area contributed by atoms with Gasteiger partial charge in [0.1, 0.15) is 19.1 Å². The van der Waals surface area contributed by atoms with Gasteiger partial charge in [0, 0.05) is 26.4 Å². The second kappa shape index (κ2) is 10.4. The molecular weight excluding hydrogens is 422 g/mol. The maximum atomic E-state index is 13.1. The number of aromatic carboxylic acids is 1. The highest BCUT2D eigenvalue weighted by molar-refractivity contribution is 6.76. The average Bonchev–Trinajstić information content (AvgIpc) is 2.76. The van der Waals surface area contributed by atoms with Gasteiger partial charge in [-0.05, 0) is 35.4 Å². The lowest BCUT2D eigenvalue weighted by atomic mass is 10.1. The zero-order chi connectivity index (χ0) is 23.1. The molecule has 0 fully saturated rings. The molecule has 0 atom stereocenters. The Morgan fingerprint density at radius 2 is 1.78 bits per heavy atom. The summed E-state index contributed by atoms with van der Waals surface area (Å²) >= 11 is 0. The van der Waals surface area contributed by atoms with Gasteiger partial charge in [-0.1, -0.05) is 62.1 Å². The highest BCUT2D eigenvalue weighted by atomic mass is 28.3. The van der Waals surface area contributed by atoms with Crippen LogP contribution in [0.5, 0.6) is 5.75 Å². The van der Waals surface area contributed by atoms with Crippen LogP contribution in [0, 0.1) is 0 Å². The maximum absolute atomic E-state index is 13.1. The second-order valence-electron chi connectivity index (χ2n) is 8.87. The molecule has 1 aromatic heterocycles. The molecule has 32 heavy (non-hydrogen) atoms. The van der Waals surface area contributed by atoms with Crippen molar-refractivity contribution < 1.29 is 19.4 Å². The van der Waals surface area contributed by atoms with Crippen molar-refractivity contribution in [2.24, 2.45) is 0 Å². The van der Waals surface area contributed by atoms with Crippen LogP contribution in [0.25, 0.3) is 11.1 Å². The average molecular weight is 452 g/mol. The Hall–Kier alpha value is -3.16. The molecule has 0 saturated heterocycles. The Bertz CT molecular complexity index is 1120. The van der Waals surface area contributed by atoms with Crippen LogP contribution in [-0.2, 0) is 18.1 Å². The first kappa shape index (κ1) is 23.5. The number of hydrogen-bond acceptors (Lipinski definition) is 4. The lowest BCUT2D eigenvalue weighted by Crippen LogP contribution is -2.26. The molecule has 7 heteroatoms. The van der Waals surface area contributed by atoms with E-state index in [9.17, 15) is 14.7 Å². The number of carboxylic acid groups (broad SMARTS) is 1. The minimum absolute atomic E-state index is 0.0155. The van der Waals surface area contributed by atoms with Gasteiger partial charge in [-0.15, -0.1) is 0 Å². The van der Waals surface area contributed by atoms with Gasteiger partial charge in [0.2, 0.25) is 0 Å². The third-order valence-corrected chi connectivity index (χ3v) is 6.66. The van der Waals surface area contributed by atoms with E-state index in [0.717, 1.165) is 11.6 Å². The number of nitrogens with zero attached hydrogens (tertiary/aromatic N) is 1. The fourth-order valence-corrected chi connectivity index (χ4v) is 3.85. The molecule has 0 saturated carbocycles. The highest BCUT2D eigenvalue weighted by Gasteiger charge is 2.15. The summed E-state index contributed by atoms with van der Waals surface area (Å²) in [4.78, 5) is 24.7. The van der Waals surface area contributed by atoms with Gasteiger partial charge in [0.25, 0.3) is 5.56 Å². The largest absolute Gasteiger partial charge is 0.489 e. The number of benzene rings is 2. The Morgan fingerprint density at radius 3 is 2.47 bits per heavy atom. The van der Waals surface area contributed by atoms with E-state index in [1.165, 1.54) is 16.8 Å². The smallest absolute Gasteiger partial charge is 0.337 e. The molecule has 0 amide bonds. The van der Waals surface area contributed by atoms with Gasteiger partial charge in [0.15, 0.2) is 0 Å². The van der Waals surface area contributed by atoms with Crippen molar-refractivity contribution in [2.45, 2.75) is 39.0 Å². The predicted molar refractivity (Wildman–Crippen MR) is 128 cm³/mol. The van der Waals surface area contributed by atoms with Crippen LogP contribution in [0.1, 0.15) is 15.9 Å². The maximum Gasteiger partial charge on any atom is 0.337 e. The zero-order valence-corrected chi connectivity index (χ0v) is 19.7. The van der Waals surface area contributed by atoms with Gasteiger partial charge in [-0.3, -0.25) is 9.36 Å². The minimum Gasteiger partial charge on any atom is -0.489 e. The van der Waals surface area contributed by atoms with Gasteiger partial charge in [-0.2, -0.15) is 0 Å². The number of pyridine rings is 1. The molecule has 0 unspecified atom stereocenters. The Morgan fingerprint density at radius 1 is 1.03 bits per heavy atom. The molecule has 0 aliphatic heterocycles. The molecular formula is C25H29NO5Si. The van der Waals surface area contributed by atoms with E-state index in [-0.39, 0.29) is 17.9 Å². The fraction of sp³-hybridized carbons (Fsp3) is 0.280. The summed E-state index contributed by atoms with van der Waals surface area (Å²) in [5.74, 6) is -0.497. The molecule has 3 rings (SSSR count). The monoisotopic (exact) mass is 451 g/mol. The number of aromatic nitrogens is 1. The first-order valence-corrected chi connectivity index (χ1v) is 14.3. The summed E-state index contributed by atoms with van der Waals surface area (Å²) in [7, 11) is -1.26. The van der Waals surface area contributed by atoms with E-state index in [2.05, 4.69) is 19.6 Å². The summed E-state index contributed by atoms with van der Waals surface area (Å²) in [6.45, 7) is 7.70. The molecule has 2 aromatic carbocycles. The highest BCUT2D eigenvalue weighted by Crippen LogP contribution is 2.23. The van der Waals surface area contributed by atoms with Crippen molar-refractivity contribution in [3.05, 3.63) is 88.3 Å². The molecule has 0 spiro atoms. The number of hydrogen-bond donors (Lipinski definition) is 1. The van der Waals surface area contributed by atoms with Crippen molar-refractivity contribution in [3.8, 4) is 16.9 Å². The first-order valence-electron chi connectivity index (χ1n) is 10.6. The fourth-order valence-electron chi connectivity index (χ4n) is 3.09. The number of carbonyl (C=O) groups is 1. The third-order valence-electron chi connectivity index (χ3n) is 4.95. The van der Waals surface area contributed by atoms with E-state index in [1.54, 1.807) is 18.2 Å². The summed E-state index contributed by atoms with van der Waals surface area (Å²) in [6.07, 6.45) is 1.33. The predicted octanol–water partition coefficient (Wildman–Crippen LogP) is 5.10. The Labute approximate surface area is 189 Å². The van der Waals surface area contributed by atoms with E-state index in [1.807, 2.05) is 36.4 Å². The Kier molecular flexibility index (Phi) is 7.66. The SMILES string of the molecule is C[Si](C)(C)CCOCn1cc(C(=O)O)cc(-c2cccc(OCc3ccccc3)c2)c1=O. The van der Waals surface area contributed by atoms with Crippen molar-refractivity contribution in [1.82, 2.24) is 4.57 Å². The van der Waals surface area contributed by atoms with Crippen LogP contribution in [0.4, 0.5) is 0 Å². The van der Waals surface area contributed by atoms with Crippen molar-refractivity contribution >= 4 is 14.0 Å². The first-order chi connectivity index (χ1) is 15.2. The van der Waals surface area contributed by atoms with Gasteiger partial charge >= 0.3 is 5.97 Å². The summed E-state index contributed by atoms with van der Waals surface area (Å²) in [5, 5.41) is 9.54. The third kappa shape index (κ3) is 6.67. The molecule has 168 valence electrons. The summed E-state index contributed by atoms with van der Waals surface area (Å²) < 4.78 is 12.9. The van der Waals surface area contributed by atoms with Crippen LogP contribution >= 0.6 is 0 Å². The number of rotatable bonds is 10. The van der Waals surface area contributed by atoms with Crippen molar-refractivity contribution in [1.29, 1.82) is 0 Å². The molecule has 1 heterocycles. The van der Waals surface area contributed by atoms with Crippen LogP contribution in [-0.4, -0.2) is 30.3 Å². The summed E-state index contributed by atoms with van der Waals surface area (Å²) in [6, 6.07) is 19.3. The standard InChI is InChI=1S/C25H29NO5Si/c1-32(2,3)13-12-30-18-26-16-21(25(28)29)15-23(24(26)27)20-10-7-11-22(14-20)31-17-19-8-5-4-6-9-19/h4-11,14-16H,12-13,17-18H2,1-3H3,(H,28,29). The molecule has 3 aromatic rings. The molecule has 0 radical (unpaired) electrons. The number of ether oxygens (including phenoxy) is 2. The topological polar surface area (TPSA) is 77.8 Å². The van der Waals surface area contributed by atoms with Crippen LogP contribution < -0.4 is 10.3 Å². The minimum atomic E-state index is -1.26. The Balaban J connectivity index is 1.83. The zero-order valence-electron chi connectivity index (χ0n) is 18.7. The molecule has 0 bridgehead atoms. The normalized spacial score (nSPS) is 11.3. The van der Waals surface area contributed by atoms with Crippen LogP contribution in [0.2, 0.25) is 25.7 Å². The number of carboxylic acids is 1. The van der Waals surface area contributed by atoms with E-state index in [0.29, 0.717) is 30.1 Å². The second-order valence-corrected chi connectivity index (χ2v) is 14.5. The van der Waals surface area contributed by atoms with Crippen molar-refractivity contribution in [3.63, 3.8) is 0 Å². The van der Waals surface area contributed by atoms with E-state index < -0.39 is 14.0 Å². The molecule has 1 N–H and O–H groups in total. The summed E-state index contributed by atoms with van der Waals surface area (Å²) in [5.41, 5.74) is 1.65. The molecule has 0 aliphatic rings. The van der Waals surface area contributed by atoms with Crippen molar-refractivity contribution in [2.75, 3.05) is 6.61 Å². The van der Waals surface area contributed by atoms with Gasteiger partial charge < -0.3 is 14.6 Å². The lowest BCUT2D eigenvalue weighted by molar-refractivity contribution is 0.0688.